The lowest BCUT2D eigenvalue weighted by Crippen LogP contribution is -2.29. The van der Waals surface area contributed by atoms with Crippen molar-refractivity contribution in [1.82, 2.24) is 10.2 Å². The van der Waals surface area contributed by atoms with Crippen LogP contribution in [0.15, 0.2) is 17.5 Å². The molecule has 0 unspecified atom stereocenters. The highest BCUT2D eigenvalue weighted by molar-refractivity contribution is 7.18. The molecule has 0 atom stereocenters. The summed E-state index contributed by atoms with van der Waals surface area (Å²) < 4.78 is 5.08. The molecule has 0 radical (unpaired) electrons. The Labute approximate surface area is 166 Å². The number of ether oxygens (including phenoxy) is 1. The van der Waals surface area contributed by atoms with Crippen LogP contribution in [-0.2, 0) is 16.1 Å². The van der Waals surface area contributed by atoms with E-state index >= 15 is 0 Å². The zero-order valence-corrected chi connectivity index (χ0v) is 17.4. The second-order valence-electron chi connectivity index (χ2n) is 5.86. The minimum atomic E-state index is -0.552. The average molecular weight is 410 g/mol. The van der Waals surface area contributed by atoms with Gasteiger partial charge in [0.05, 0.1) is 23.6 Å². The summed E-state index contributed by atoms with van der Waals surface area (Å²) in [5.74, 6) is -1.12. The van der Waals surface area contributed by atoms with Crippen molar-refractivity contribution in [3.8, 4) is 0 Å². The minimum Gasteiger partial charge on any atom is -0.462 e. The molecule has 0 aliphatic heterocycles. The molecule has 2 amide bonds. The van der Waals surface area contributed by atoms with Crippen molar-refractivity contribution >= 4 is 45.5 Å². The van der Waals surface area contributed by atoms with Crippen molar-refractivity contribution in [2.24, 2.45) is 0 Å². The lowest BCUT2D eigenvalue weighted by molar-refractivity contribution is -0.117. The molecule has 27 heavy (non-hydrogen) atoms. The Kier molecular flexibility index (Phi) is 7.52. The molecule has 2 N–H and O–H groups in total. The van der Waals surface area contributed by atoms with Gasteiger partial charge in [-0.1, -0.05) is 6.07 Å². The monoisotopic (exact) mass is 409 g/mol. The van der Waals surface area contributed by atoms with E-state index < -0.39 is 5.97 Å². The van der Waals surface area contributed by atoms with Gasteiger partial charge in [0, 0.05) is 18.5 Å². The number of anilines is 1. The van der Waals surface area contributed by atoms with Crippen LogP contribution in [0.1, 0.15) is 37.4 Å². The Balaban J connectivity index is 2.16. The summed E-state index contributed by atoms with van der Waals surface area (Å²) >= 11 is 2.70. The van der Waals surface area contributed by atoms with Crippen LogP contribution in [0.25, 0.3) is 0 Å². The number of rotatable bonds is 8. The molecule has 146 valence electrons. The number of hydrogen-bond donors (Lipinski definition) is 2. The van der Waals surface area contributed by atoms with E-state index in [0.29, 0.717) is 22.0 Å². The molecular formula is C18H23N3O4S2. The zero-order chi connectivity index (χ0) is 20.0. The third-order valence-electron chi connectivity index (χ3n) is 3.73. The number of thiophene rings is 2. The summed E-state index contributed by atoms with van der Waals surface area (Å²) in [5, 5.41) is 7.63. The molecule has 0 fully saturated rings. The third-order valence-corrected chi connectivity index (χ3v) is 5.80. The van der Waals surface area contributed by atoms with Crippen LogP contribution >= 0.6 is 22.7 Å². The van der Waals surface area contributed by atoms with Gasteiger partial charge in [-0.25, -0.2) is 4.79 Å². The van der Waals surface area contributed by atoms with Gasteiger partial charge < -0.3 is 15.4 Å². The van der Waals surface area contributed by atoms with Crippen LogP contribution in [-0.4, -0.2) is 49.9 Å². The maximum atomic E-state index is 12.4. The Morgan fingerprint density at radius 1 is 1.30 bits per heavy atom. The fourth-order valence-electron chi connectivity index (χ4n) is 2.52. The van der Waals surface area contributed by atoms with Crippen molar-refractivity contribution in [2.45, 2.75) is 20.4 Å². The first-order chi connectivity index (χ1) is 12.9. The van der Waals surface area contributed by atoms with Gasteiger partial charge in [-0.05, 0) is 37.9 Å². The van der Waals surface area contributed by atoms with Crippen LogP contribution in [0.5, 0.6) is 0 Å². The first kappa shape index (κ1) is 21.1. The van der Waals surface area contributed by atoms with Gasteiger partial charge in [0.2, 0.25) is 5.91 Å². The second kappa shape index (κ2) is 9.63. The largest absolute Gasteiger partial charge is 0.462 e. The van der Waals surface area contributed by atoms with Crippen molar-refractivity contribution < 1.29 is 19.1 Å². The molecule has 0 spiro atoms. The molecule has 0 aliphatic rings. The standard InChI is InChI=1S/C18H23N3O4S2/c1-5-25-18(24)14-11(2)15(16(23)19-3)27-17(14)20-13(22)10-21(4)9-12-7-6-8-26-12/h6-8H,5,9-10H2,1-4H3,(H,19,23)(H,20,22). The molecule has 0 saturated carbocycles. The summed E-state index contributed by atoms with van der Waals surface area (Å²) in [5.41, 5.74) is 0.731. The predicted molar refractivity (Wildman–Crippen MR) is 108 cm³/mol. The Morgan fingerprint density at radius 3 is 2.63 bits per heavy atom. The number of nitrogens with zero attached hydrogens (tertiary/aromatic N) is 1. The number of amides is 2. The van der Waals surface area contributed by atoms with Crippen LogP contribution in [0.4, 0.5) is 5.00 Å². The van der Waals surface area contributed by atoms with Crippen LogP contribution in [0.3, 0.4) is 0 Å². The minimum absolute atomic E-state index is 0.159. The van der Waals surface area contributed by atoms with E-state index in [9.17, 15) is 14.4 Å². The quantitative estimate of drug-likeness (QED) is 0.655. The summed E-state index contributed by atoms with van der Waals surface area (Å²) in [6.07, 6.45) is 0. The lowest BCUT2D eigenvalue weighted by Gasteiger charge is -2.15. The number of carbonyl (C=O) groups excluding carboxylic acids is 3. The van der Waals surface area contributed by atoms with Crippen molar-refractivity contribution in [3.63, 3.8) is 0 Å². The zero-order valence-electron chi connectivity index (χ0n) is 15.8. The maximum Gasteiger partial charge on any atom is 0.341 e. The first-order valence-electron chi connectivity index (χ1n) is 8.40. The van der Waals surface area contributed by atoms with Crippen LogP contribution < -0.4 is 10.6 Å². The van der Waals surface area contributed by atoms with Gasteiger partial charge in [0.15, 0.2) is 0 Å². The molecule has 2 aromatic heterocycles. The maximum absolute atomic E-state index is 12.4. The predicted octanol–water partition coefficient (Wildman–Crippen LogP) is 2.72. The Bertz CT molecular complexity index is 815. The number of likely N-dealkylation sites (N-methyl/N-ethyl adjacent to an activating group) is 1. The Morgan fingerprint density at radius 2 is 2.04 bits per heavy atom. The average Bonchev–Trinajstić information content (AvgIpc) is 3.22. The van der Waals surface area contributed by atoms with Gasteiger partial charge in [-0.15, -0.1) is 22.7 Å². The van der Waals surface area contributed by atoms with E-state index in [1.54, 1.807) is 25.2 Å². The van der Waals surface area contributed by atoms with Crippen LogP contribution in [0.2, 0.25) is 0 Å². The molecule has 2 heterocycles. The van der Waals surface area contributed by atoms with E-state index in [0.717, 1.165) is 16.2 Å². The fraction of sp³-hybridized carbons (Fsp3) is 0.389. The first-order valence-corrected chi connectivity index (χ1v) is 10.1. The molecular weight excluding hydrogens is 386 g/mol. The molecule has 0 aromatic carbocycles. The molecule has 2 rings (SSSR count). The van der Waals surface area contributed by atoms with E-state index in [-0.39, 0.29) is 30.5 Å². The van der Waals surface area contributed by atoms with E-state index in [4.69, 9.17) is 4.74 Å². The number of hydrogen-bond acceptors (Lipinski definition) is 7. The highest BCUT2D eigenvalue weighted by atomic mass is 32.1. The molecule has 0 aliphatic carbocycles. The normalized spacial score (nSPS) is 10.7. The van der Waals surface area contributed by atoms with E-state index in [1.165, 1.54) is 7.05 Å². The molecule has 7 nitrogen and oxygen atoms in total. The number of nitrogens with one attached hydrogen (secondary N) is 2. The summed E-state index contributed by atoms with van der Waals surface area (Å²) in [6.45, 7) is 4.40. The Hall–Kier alpha value is -2.23. The molecule has 9 heteroatoms. The van der Waals surface area contributed by atoms with Crippen LogP contribution in [0, 0.1) is 6.92 Å². The summed E-state index contributed by atoms with van der Waals surface area (Å²) in [4.78, 5) is 40.2. The van der Waals surface area contributed by atoms with E-state index in [2.05, 4.69) is 10.6 Å². The number of esters is 1. The molecule has 0 saturated heterocycles. The van der Waals surface area contributed by atoms with Gasteiger partial charge >= 0.3 is 5.97 Å². The lowest BCUT2D eigenvalue weighted by atomic mass is 10.1. The van der Waals surface area contributed by atoms with Crippen molar-refractivity contribution in [1.29, 1.82) is 0 Å². The molecule has 2 aromatic rings. The van der Waals surface area contributed by atoms with Crippen molar-refractivity contribution in [3.05, 3.63) is 38.4 Å². The fourth-order valence-corrected chi connectivity index (χ4v) is 4.46. The van der Waals surface area contributed by atoms with Gasteiger partial charge in [-0.2, -0.15) is 0 Å². The second-order valence-corrected chi connectivity index (χ2v) is 7.91. The van der Waals surface area contributed by atoms with Gasteiger partial charge in [0.25, 0.3) is 5.91 Å². The third kappa shape index (κ3) is 5.38. The SMILES string of the molecule is CCOC(=O)c1c(NC(=O)CN(C)Cc2cccs2)sc(C(=O)NC)c1C. The highest BCUT2D eigenvalue weighted by Gasteiger charge is 2.26. The summed E-state index contributed by atoms with van der Waals surface area (Å²) in [6, 6.07) is 3.98. The summed E-state index contributed by atoms with van der Waals surface area (Å²) in [7, 11) is 3.37. The topological polar surface area (TPSA) is 87.7 Å². The van der Waals surface area contributed by atoms with Gasteiger partial charge in [0.1, 0.15) is 5.00 Å². The van der Waals surface area contributed by atoms with Gasteiger partial charge in [-0.3, -0.25) is 14.5 Å². The highest BCUT2D eigenvalue weighted by Crippen LogP contribution is 2.33. The van der Waals surface area contributed by atoms with E-state index in [1.807, 2.05) is 29.5 Å². The number of carbonyl (C=O) groups is 3. The molecule has 0 bridgehead atoms. The smallest absolute Gasteiger partial charge is 0.341 e. The van der Waals surface area contributed by atoms with Crippen molar-refractivity contribution in [2.75, 3.05) is 32.6 Å².